The zero-order chi connectivity index (χ0) is 27.1. The standard InChI is InChI=1S/C30H32O8/c1-34-27-14-19(4-8-24(27)31)7-11-30(33)38-26-10-6-21(16-29(26)36-3)13-23-18-37-17-22(23)12-20-5-9-25(32)28(15-20)35-2/h4-11,14-16,22-23,31-32H,12-13,17-18H2,1-3H3. The van der Waals surface area contributed by atoms with Gasteiger partial charge in [-0.3, -0.25) is 0 Å². The van der Waals surface area contributed by atoms with Gasteiger partial charge in [-0.2, -0.15) is 0 Å². The van der Waals surface area contributed by atoms with Gasteiger partial charge in [-0.15, -0.1) is 0 Å². The summed E-state index contributed by atoms with van der Waals surface area (Å²) in [6, 6.07) is 15.7. The van der Waals surface area contributed by atoms with Crippen LogP contribution in [0.2, 0.25) is 0 Å². The van der Waals surface area contributed by atoms with E-state index in [0.29, 0.717) is 53.6 Å². The third-order valence-corrected chi connectivity index (χ3v) is 6.62. The fourth-order valence-corrected chi connectivity index (χ4v) is 4.58. The van der Waals surface area contributed by atoms with E-state index in [1.165, 1.54) is 33.5 Å². The highest BCUT2D eigenvalue weighted by atomic mass is 16.6. The molecule has 1 heterocycles. The Balaban J connectivity index is 1.40. The topological polar surface area (TPSA) is 104 Å². The molecule has 0 spiro atoms. The molecule has 0 radical (unpaired) electrons. The van der Waals surface area contributed by atoms with E-state index in [4.69, 9.17) is 23.7 Å². The summed E-state index contributed by atoms with van der Waals surface area (Å²) in [4.78, 5) is 12.4. The van der Waals surface area contributed by atoms with Crippen molar-refractivity contribution >= 4 is 12.0 Å². The zero-order valence-corrected chi connectivity index (χ0v) is 21.7. The summed E-state index contributed by atoms with van der Waals surface area (Å²) in [5, 5.41) is 19.6. The van der Waals surface area contributed by atoms with Crippen LogP contribution in [0.15, 0.2) is 60.7 Å². The number of aromatic hydroxyl groups is 2. The van der Waals surface area contributed by atoms with Gasteiger partial charge in [0.25, 0.3) is 0 Å². The number of phenols is 2. The van der Waals surface area contributed by atoms with Gasteiger partial charge in [0.2, 0.25) is 0 Å². The summed E-state index contributed by atoms with van der Waals surface area (Å²) < 4.78 is 27.1. The third kappa shape index (κ3) is 6.58. The van der Waals surface area contributed by atoms with Gasteiger partial charge in [-0.05, 0) is 83.8 Å². The van der Waals surface area contributed by atoms with Crippen molar-refractivity contribution < 1.29 is 38.7 Å². The molecule has 38 heavy (non-hydrogen) atoms. The molecule has 0 aromatic heterocycles. The number of rotatable bonds is 10. The summed E-state index contributed by atoms with van der Waals surface area (Å²) in [6.45, 7) is 1.33. The normalized spacial score (nSPS) is 16.9. The van der Waals surface area contributed by atoms with Crippen molar-refractivity contribution in [3.8, 4) is 34.5 Å². The second-order valence-corrected chi connectivity index (χ2v) is 9.14. The molecular formula is C30H32O8. The first-order chi connectivity index (χ1) is 18.4. The maximum absolute atomic E-state index is 12.4. The molecule has 1 fully saturated rings. The van der Waals surface area contributed by atoms with E-state index in [9.17, 15) is 15.0 Å². The van der Waals surface area contributed by atoms with Crippen molar-refractivity contribution in [2.24, 2.45) is 11.8 Å². The van der Waals surface area contributed by atoms with E-state index in [1.807, 2.05) is 24.3 Å². The molecule has 3 aromatic carbocycles. The Bertz CT molecular complexity index is 1300. The van der Waals surface area contributed by atoms with Gasteiger partial charge < -0.3 is 33.9 Å². The molecule has 1 aliphatic heterocycles. The quantitative estimate of drug-likeness (QED) is 0.223. The van der Waals surface area contributed by atoms with Crippen LogP contribution in [0.3, 0.4) is 0 Å². The minimum atomic E-state index is -0.559. The van der Waals surface area contributed by atoms with E-state index in [-0.39, 0.29) is 11.5 Å². The van der Waals surface area contributed by atoms with Crippen molar-refractivity contribution in [3.05, 3.63) is 77.4 Å². The minimum Gasteiger partial charge on any atom is -0.504 e. The summed E-state index contributed by atoms with van der Waals surface area (Å²) >= 11 is 0. The first-order valence-electron chi connectivity index (χ1n) is 12.3. The Kier molecular flexibility index (Phi) is 8.76. The van der Waals surface area contributed by atoms with Crippen LogP contribution in [0, 0.1) is 11.8 Å². The maximum Gasteiger partial charge on any atom is 0.336 e. The Hall–Kier alpha value is -4.17. The minimum absolute atomic E-state index is 0.0214. The Morgan fingerprint density at radius 2 is 1.34 bits per heavy atom. The lowest BCUT2D eigenvalue weighted by atomic mass is 9.85. The van der Waals surface area contributed by atoms with Crippen molar-refractivity contribution in [3.63, 3.8) is 0 Å². The molecule has 1 aliphatic rings. The molecule has 2 atom stereocenters. The third-order valence-electron chi connectivity index (χ3n) is 6.62. The molecule has 2 unspecified atom stereocenters. The van der Waals surface area contributed by atoms with Crippen LogP contribution in [-0.4, -0.2) is 50.7 Å². The number of carbonyl (C=O) groups excluding carboxylic acids is 1. The number of hydrogen-bond acceptors (Lipinski definition) is 8. The summed E-state index contributed by atoms with van der Waals surface area (Å²) in [7, 11) is 4.53. The molecule has 4 rings (SSSR count). The molecule has 3 aromatic rings. The van der Waals surface area contributed by atoms with E-state index >= 15 is 0 Å². The highest BCUT2D eigenvalue weighted by molar-refractivity contribution is 5.89. The van der Waals surface area contributed by atoms with Crippen LogP contribution in [0.4, 0.5) is 0 Å². The highest BCUT2D eigenvalue weighted by Gasteiger charge is 2.29. The summed E-state index contributed by atoms with van der Waals surface area (Å²) in [5.41, 5.74) is 2.81. The van der Waals surface area contributed by atoms with Gasteiger partial charge in [-0.25, -0.2) is 4.79 Å². The average Bonchev–Trinajstić information content (AvgIpc) is 3.36. The first kappa shape index (κ1) is 26.9. The number of hydrogen-bond donors (Lipinski definition) is 2. The zero-order valence-electron chi connectivity index (χ0n) is 21.7. The number of methoxy groups -OCH3 is 3. The van der Waals surface area contributed by atoms with Crippen molar-refractivity contribution in [2.45, 2.75) is 12.8 Å². The Morgan fingerprint density at radius 3 is 1.97 bits per heavy atom. The molecule has 8 nitrogen and oxygen atoms in total. The van der Waals surface area contributed by atoms with E-state index < -0.39 is 5.97 Å². The summed E-state index contributed by atoms with van der Waals surface area (Å²) in [5.74, 6) is 1.78. The molecule has 0 saturated carbocycles. The molecule has 0 aliphatic carbocycles. The van der Waals surface area contributed by atoms with Gasteiger partial charge in [-0.1, -0.05) is 18.2 Å². The lowest BCUT2D eigenvalue weighted by Gasteiger charge is -2.19. The molecule has 8 heteroatoms. The van der Waals surface area contributed by atoms with Crippen LogP contribution < -0.4 is 18.9 Å². The smallest absolute Gasteiger partial charge is 0.336 e. The molecule has 2 N–H and O–H groups in total. The second-order valence-electron chi connectivity index (χ2n) is 9.14. The van der Waals surface area contributed by atoms with Crippen LogP contribution in [0.25, 0.3) is 6.08 Å². The average molecular weight is 521 g/mol. The van der Waals surface area contributed by atoms with E-state index in [2.05, 4.69) is 0 Å². The number of carbonyl (C=O) groups is 1. The second kappa shape index (κ2) is 12.4. The maximum atomic E-state index is 12.4. The molecule has 1 saturated heterocycles. The van der Waals surface area contributed by atoms with Gasteiger partial charge >= 0.3 is 5.97 Å². The lowest BCUT2D eigenvalue weighted by Crippen LogP contribution is -2.17. The SMILES string of the molecule is COc1cc(C=CC(=O)Oc2ccc(CC3COCC3Cc3ccc(O)c(OC)c3)cc2OC)ccc1O. The fourth-order valence-electron chi connectivity index (χ4n) is 4.58. The molecule has 200 valence electrons. The number of esters is 1. The van der Waals surface area contributed by atoms with E-state index in [1.54, 1.807) is 30.3 Å². The van der Waals surface area contributed by atoms with Crippen molar-refractivity contribution in [1.29, 1.82) is 0 Å². The molecular weight excluding hydrogens is 488 g/mol. The summed E-state index contributed by atoms with van der Waals surface area (Å²) in [6.07, 6.45) is 4.48. The fraction of sp³-hybridized carbons (Fsp3) is 0.300. The van der Waals surface area contributed by atoms with Crippen molar-refractivity contribution in [1.82, 2.24) is 0 Å². The van der Waals surface area contributed by atoms with Gasteiger partial charge in [0.15, 0.2) is 34.5 Å². The number of ether oxygens (including phenoxy) is 5. The Morgan fingerprint density at radius 1 is 0.789 bits per heavy atom. The lowest BCUT2D eigenvalue weighted by molar-refractivity contribution is -0.129. The molecule has 0 amide bonds. The largest absolute Gasteiger partial charge is 0.504 e. The predicted molar refractivity (Wildman–Crippen MR) is 142 cm³/mol. The van der Waals surface area contributed by atoms with Crippen LogP contribution >= 0.6 is 0 Å². The van der Waals surface area contributed by atoms with Crippen LogP contribution in [0.5, 0.6) is 34.5 Å². The predicted octanol–water partition coefficient (Wildman–Crippen LogP) is 4.79. The van der Waals surface area contributed by atoms with Crippen molar-refractivity contribution in [2.75, 3.05) is 34.5 Å². The number of phenolic OH excluding ortho intramolecular Hbond substituents is 2. The monoisotopic (exact) mass is 520 g/mol. The highest BCUT2D eigenvalue weighted by Crippen LogP contribution is 2.34. The Labute approximate surface area is 222 Å². The van der Waals surface area contributed by atoms with E-state index in [0.717, 1.165) is 24.0 Å². The van der Waals surface area contributed by atoms with Crippen LogP contribution in [0.1, 0.15) is 16.7 Å². The van der Waals surface area contributed by atoms with Gasteiger partial charge in [0.05, 0.1) is 34.5 Å². The first-order valence-corrected chi connectivity index (χ1v) is 12.3. The van der Waals surface area contributed by atoms with Gasteiger partial charge in [0.1, 0.15) is 0 Å². The number of benzene rings is 3. The van der Waals surface area contributed by atoms with Crippen LogP contribution in [-0.2, 0) is 22.4 Å². The molecule has 0 bridgehead atoms. The van der Waals surface area contributed by atoms with Gasteiger partial charge in [0, 0.05) is 6.08 Å².